The summed E-state index contributed by atoms with van der Waals surface area (Å²) in [7, 11) is 3.63. The fraction of sp³-hybridized carbons (Fsp3) is 0.263. The first-order chi connectivity index (χ1) is 12.6. The van der Waals surface area contributed by atoms with Gasteiger partial charge >= 0.3 is 12.1 Å². The monoisotopic (exact) mass is 380 g/mol. The van der Waals surface area contributed by atoms with Crippen molar-refractivity contribution >= 4 is 23.3 Å². The van der Waals surface area contributed by atoms with Crippen LogP contribution in [0.4, 0.5) is 24.5 Å². The van der Waals surface area contributed by atoms with E-state index in [0.29, 0.717) is 0 Å². The molecule has 0 aliphatic rings. The second-order valence-electron chi connectivity index (χ2n) is 6.06. The smallest absolute Gasteiger partial charge is 0.416 e. The third-order valence-electron chi connectivity index (χ3n) is 3.71. The highest BCUT2D eigenvalue weighted by molar-refractivity contribution is 5.97. The molecule has 1 unspecified atom stereocenters. The third kappa shape index (κ3) is 5.47. The number of anilines is 2. The highest BCUT2D eigenvalue weighted by Gasteiger charge is 2.30. The molecule has 0 saturated heterocycles. The fourth-order valence-corrected chi connectivity index (χ4v) is 2.21. The van der Waals surface area contributed by atoms with Crippen molar-refractivity contribution in [2.45, 2.75) is 19.2 Å². The van der Waals surface area contributed by atoms with Crippen LogP contribution in [0.15, 0.2) is 48.5 Å². The molecule has 2 aromatic carbocycles. The summed E-state index contributed by atoms with van der Waals surface area (Å²) in [5, 5.41) is 2.32. The Kier molecular flexibility index (Phi) is 6.09. The molecule has 0 spiro atoms. The van der Waals surface area contributed by atoms with E-state index in [0.717, 1.165) is 17.8 Å². The molecular weight excluding hydrogens is 361 g/mol. The van der Waals surface area contributed by atoms with Crippen LogP contribution in [0, 0.1) is 0 Å². The summed E-state index contributed by atoms with van der Waals surface area (Å²) in [6.07, 6.45) is -5.70. The van der Waals surface area contributed by atoms with Crippen LogP contribution in [-0.4, -0.2) is 32.1 Å². The Balaban J connectivity index is 2.03. The fourth-order valence-electron chi connectivity index (χ4n) is 2.21. The van der Waals surface area contributed by atoms with Gasteiger partial charge in [-0.1, -0.05) is 12.1 Å². The van der Waals surface area contributed by atoms with Gasteiger partial charge < -0.3 is 15.0 Å². The van der Waals surface area contributed by atoms with Gasteiger partial charge in [-0.15, -0.1) is 0 Å². The summed E-state index contributed by atoms with van der Waals surface area (Å²) in [4.78, 5) is 26.1. The van der Waals surface area contributed by atoms with Crippen molar-refractivity contribution in [3.05, 3.63) is 59.7 Å². The van der Waals surface area contributed by atoms with E-state index in [1.54, 1.807) is 29.2 Å². The number of alkyl halides is 3. The molecule has 0 aromatic heterocycles. The molecule has 0 radical (unpaired) electrons. The number of amides is 1. The Morgan fingerprint density at radius 1 is 1.07 bits per heavy atom. The van der Waals surface area contributed by atoms with E-state index >= 15 is 0 Å². The molecule has 0 saturated carbocycles. The number of hydrogen-bond donors (Lipinski definition) is 1. The van der Waals surface area contributed by atoms with Crippen LogP contribution in [0.5, 0.6) is 0 Å². The largest absolute Gasteiger partial charge is 0.449 e. The maximum absolute atomic E-state index is 12.7. The number of carbonyl (C=O) groups is 2. The first-order valence-corrected chi connectivity index (χ1v) is 8.04. The number of carbonyl (C=O) groups excluding carboxylic acids is 2. The standard InChI is InChI=1S/C19H19F3N2O3/c1-12(27-18(26)13-6-4-9-16(10-13)24(2)3)17(25)23-15-8-5-7-14(11-15)19(20,21)22/h4-12H,1-3H3,(H,23,25). The summed E-state index contributed by atoms with van der Waals surface area (Å²) >= 11 is 0. The minimum atomic E-state index is -4.52. The van der Waals surface area contributed by atoms with Gasteiger partial charge in [-0.05, 0) is 43.3 Å². The zero-order valence-corrected chi connectivity index (χ0v) is 15.0. The van der Waals surface area contributed by atoms with E-state index in [4.69, 9.17) is 4.74 Å². The molecule has 5 nitrogen and oxygen atoms in total. The predicted octanol–water partition coefficient (Wildman–Crippen LogP) is 3.96. The van der Waals surface area contributed by atoms with E-state index < -0.39 is 29.7 Å². The highest BCUT2D eigenvalue weighted by Crippen LogP contribution is 2.30. The minimum Gasteiger partial charge on any atom is -0.449 e. The van der Waals surface area contributed by atoms with Gasteiger partial charge in [-0.25, -0.2) is 4.79 Å². The van der Waals surface area contributed by atoms with Crippen molar-refractivity contribution < 1.29 is 27.5 Å². The predicted molar refractivity (Wildman–Crippen MR) is 95.7 cm³/mol. The molecule has 1 N–H and O–H groups in total. The molecule has 8 heteroatoms. The van der Waals surface area contributed by atoms with Crippen LogP contribution < -0.4 is 10.2 Å². The van der Waals surface area contributed by atoms with E-state index in [1.807, 2.05) is 14.1 Å². The van der Waals surface area contributed by atoms with E-state index in [9.17, 15) is 22.8 Å². The average molecular weight is 380 g/mol. The lowest BCUT2D eigenvalue weighted by Crippen LogP contribution is -2.30. The third-order valence-corrected chi connectivity index (χ3v) is 3.71. The van der Waals surface area contributed by atoms with Gasteiger partial charge in [0.05, 0.1) is 11.1 Å². The summed E-state index contributed by atoms with van der Waals surface area (Å²) in [6.45, 7) is 1.34. The SMILES string of the molecule is CC(OC(=O)c1cccc(N(C)C)c1)C(=O)Nc1cccc(C(F)(F)F)c1. The van der Waals surface area contributed by atoms with Gasteiger partial charge in [-0.3, -0.25) is 4.79 Å². The lowest BCUT2D eigenvalue weighted by Gasteiger charge is -2.16. The average Bonchev–Trinajstić information content (AvgIpc) is 2.61. The molecule has 144 valence electrons. The Labute approximate surface area is 154 Å². The maximum atomic E-state index is 12.7. The molecule has 0 heterocycles. The molecule has 0 aliphatic heterocycles. The van der Waals surface area contributed by atoms with Crippen LogP contribution >= 0.6 is 0 Å². The van der Waals surface area contributed by atoms with Crippen LogP contribution in [-0.2, 0) is 15.7 Å². The Bertz CT molecular complexity index is 835. The molecule has 0 aliphatic carbocycles. The number of benzene rings is 2. The number of hydrogen-bond acceptors (Lipinski definition) is 4. The van der Waals surface area contributed by atoms with E-state index in [1.165, 1.54) is 19.1 Å². The molecular formula is C19H19F3N2O3. The topological polar surface area (TPSA) is 58.6 Å². The number of esters is 1. The number of halogens is 3. The van der Waals surface area contributed by atoms with Crippen molar-refractivity contribution in [3.8, 4) is 0 Å². The van der Waals surface area contributed by atoms with Gasteiger partial charge in [0.2, 0.25) is 0 Å². The van der Waals surface area contributed by atoms with Crippen molar-refractivity contribution in [1.82, 2.24) is 0 Å². The normalized spacial score (nSPS) is 12.2. The van der Waals surface area contributed by atoms with Gasteiger partial charge in [0.25, 0.3) is 5.91 Å². The quantitative estimate of drug-likeness (QED) is 0.798. The summed E-state index contributed by atoms with van der Waals surface area (Å²) in [5.74, 6) is -1.43. The van der Waals surface area contributed by atoms with Crippen molar-refractivity contribution in [3.63, 3.8) is 0 Å². The van der Waals surface area contributed by atoms with Gasteiger partial charge in [0.1, 0.15) is 0 Å². The van der Waals surface area contributed by atoms with E-state index in [-0.39, 0.29) is 11.3 Å². The molecule has 2 rings (SSSR count). The Morgan fingerprint density at radius 2 is 1.74 bits per heavy atom. The Morgan fingerprint density at radius 3 is 2.37 bits per heavy atom. The zero-order chi connectivity index (χ0) is 20.2. The molecule has 0 bridgehead atoms. The zero-order valence-electron chi connectivity index (χ0n) is 15.0. The summed E-state index contributed by atoms with van der Waals surface area (Å²) in [5.41, 5.74) is 0.128. The molecule has 1 amide bonds. The van der Waals surface area contributed by atoms with Gasteiger partial charge in [0, 0.05) is 25.5 Å². The second-order valence-corrected chi connectivity index (χ2v) is 6.06. The molecule has 0 fully saturated rings. The minimum absolute atomic E-state index is 0.0349. The van der Waals surface area contributed by atoms with Crippen molar-refractivity contribution in [2.75, 3.05) is 24.3 Å². The van der Waals surface area contributed by atoms with Gasteiger partial charge in [0.15, 0.2) is 6.10 Å². The first kappa shape index (κ1) is 20.3. The number of ether oxygens (including phenoxy) is 1. The van der Waals surface area contributed by atoms with Crippen LogP contribution in [0.2, 0.25) is 0 Å². The lowest BCUT2D eigenvalue weighted by molar-refractivity contribution is -0.137. The lowest BCUT2D eigenvalue weighted by atomic mass is 10.2. The number of nitrogens with zero attached hydrogens (tertiary/aromatic N) is 1. The van der Waals surface area contributed by atoms with Gasteiger partial charge in [-0.2, -0.15) is 13.2 Å². The van der Waals surface area contributed by atoms with Crippen LogP contribution in [0.1, 0.15) is 22.8 Å². The molecule has 2 aromatic rings. The number of nitrogens with one attached hydrogen (secondary N) is 1. The Hall–Kier alpha value is -3.03. The second kappa shape index (κ2) is 8.11. The van der Waals surface area contributed by atoms with Crippen molar-refractivity contribution in [1.29, 1.82) is 0 Å². The van der Waals surface area contributed by atoms with Crippen LogP contribution in [0.3, 0.4) is 0 Å². The first-order valence-electron chi connectivity index (χ1n) is 8.04. The number of rotatable bonds is 5. The summed E-state index contributed by atoms with van der Waals surface area (Å²) < 4.78 is 43.3. The summed E-state index contributed by atoms with van der Waals surface area (Å²) in [6, 6.07) is 10.9. The highest BCUT2D eigenvalue weighted by atomic mass is 19.4. The van der Waals surface area contributed by atoms with Crippen LogP contribution in [0.25, 0.3) is 0 Å². The molecule has 27 heavy (non-hydrogen) atoms. The van der Waals surface area contributed by atoms with E-state index in [2.05, 4.69) is 5.32 Å². The molecule has 1 atom stereocenters. The van der Waals surface area contributed by atoms with Crippen molar-refractivity contribution in [2.24, 2.45) is 0 Å². The maximum Gasteiger partial charge on any atom is 0.416 e.